The Morgan fingerprint density at radius 1 is 0.389 bits per heavy atom. The molecular formula is C42H68O12. The number of hydrogen-bond acceptors (Lipinski definition) is 12. The largest absolute Gasteiger partial charge is 0.462 e. The molecule has 0 unspecified atom stereocenters. The molecule has 0 aliphatic carbocycles. The fourth-order valence-electron chi connectivity index (χ4n) is 8.88. The molecule has 0 aromatic rings. The van der Waals surface area contributed by atoms with Gasteiger partial charge in [-0.2, -0.15) is 0 Å². The van der Waals surface area contributed by atoms with E-state index in [1.807, 2.05) is 55.4 Å². The first-order valence-corrected chi connectivity index (χ1v) is 21.2. The van der Waals surface area contributed by atoms with Gasteiger partial charge >= 0.3 is 23.9 Å². The minimum Gasteiger partial charge on any atom is -0.462 e. The number of cyclic esters (lactones) is 4. The fourth-order valence-corrected chi connectivity index (χ4v) is 8.88. The van der Waals surface area contributed by atoms with E-state index in [1.165, 1.54) is 0 Å². The zero-order chi connectivity index (χ0) is 39.1. The summed E-state index contributed by atoms with van der Waals surface area (Å²) in [5.41, 5.74) is 0. The first-order valence-electron chi connectivity index (χ1n) is 21.2. The highest BCUT2D eigenvalue weighted by atomic mass is 16.6. The highest BCUT2D eigenvalue weighted by molar-refractivity contribution is 5.74. The van der Waals surface area contributed by atoms with Crippen LogP contribution < -0.4 is 0 Å². The third-order valence-corrected chi connectivity index (χ3v) is 12.6. The molecule has 308 valence electrons. The molecule has 12 nitrogen and oxygen atoms in total. The normalized spacial score (nSPS) is 44.0. The van der Waals surface area contributed by atoms with Crippen molar-refractivity contribution in [1.82, 2.24) is 0 Å². The standard InChI is InChI=1S/C42H68O12/c1-9-29-21-33-13-17-36(51-33)26(6)40(44)48-23(3)19-31-11-15-35(49-31)25(5)39(43)47-24(4)20-32-12-16-37(50-32)27(7)41(45)53-30(10-2)22-34-14-18-38(52-34)28(8)42(46)54-29/h23-38H,9-22H2,1-8H3/t23-,24-,25+,26-,27-,28+,29-,30+,31-,32+,33-,34-,35+,36-,37+,38-/m0/s1. The van der Waals surface area contributed by atoms with Gasteiger partial charge in [0.25, 0.3) is 0 Å². The molecule has 0 radical (unpaired) electrons. The van der Waals surface area contributed by atoms with Crippen molar-refractivity contribution in [2.45, 2.75) is 219 Å². The summed E-state index contributed by atoms with van der Waals surface area (Å²) in [4.78, 5) is 53.0. The van der Waals surface area contributed by atoms with Crippen LogP contribution in [0, 0.1) is 23.7 Å². The maximum atomic E-state index is 13.3. The molecule has 5 rings (SSSR count). The Labute approximate surface area is 322 Å². The first kappa shape index (κ1) is 42.9. The van der Waals surface area contributed by atoms with E-state index in [0.717, 1.165) is 51.4 Å². The number of hydrogen-bond donors (Lipinski definition) is 0. The van der Waals surface area contributed by atoms with Crippen molar-refractivity contribution in [3.63, 3.8) is 0 Å². The van der Waals surface area contributed by atoms with Gasteiger partial charge in [0.05, 0.1) is 72.5 Å². The Morgan fingerprint density at radius 3 is 0.926 bits per heavy atom. The minimum atomic E-state index is -0.435. The topological polar surface area (TPSA) is 142 Å². The van der Waals surface area contributed by atoms with Crippen LogP contribution in [0.15, 0.2) is 0 Å². The molecular weight excluding hydrogens is 696 g/mol. The van der Waals surface area contributed by atoms with Crippen LogP contribution in [0.2, 0.25) is 0 Å². The van der Waals surface area contributed by atoms with Crippen LogP contribution in [0.25, 0.3) is 0 Å². The Hall–Kier alpha value is -2.28. The molecule has 5 aliphatic heterocycles. The van der Waals surface area contributed by atoms with Crippen molar-refractivity contribution in [1.29, 1.82) is 0 Å². The van der Waals surface area contributed by atoms with Gasteiger partial charge < -0.3 is 37.9 Å². The minimum absolute atomic E-state index is 0.115. The molecule has 0 amide bonds. The predicted octanol–water partition coefficient (Wildman–Crippen LogP) is 6.80. The van der Waals surface area contributed by atoms with Crippen LogP contribution in [-0.4, -0.2) is 97.1 Å². The zero-order valence-corrected chi connectivity index (χ0v) is 34.0. The van der Waals surface area contributed by atoms with Gasteiger partial charge in [-0.1, -0.05) is 13.8 Å². The Kier molecular flexibility index (Phi) is 15.7. The lowest BCUT2D eigenvalue weighted by molar-refractivity contribution is -0.162. The number of carbonyl (C=O) groups is 4. The lowest BCUT2D eigenvalue weighted by Gasteiger charge is -2.26. The van der Waals surface area contributed by atoms with Gasteiger partial charge in [-0.15, -0.1) is 0 Å². The number of carbonyl (C=O) groups excluding carboxylic acids is 4. The summed E-state index contributed by atoms with van der Waals surface area (Å²) in [5.74, 6) is -2.88. The van der Waals surface area contributed by atoms with Crippen molar-refractivity contribution in [2.24, 2.45) is 23.7 Å². The number of esters is 4. The maximum absolute atomic E-state index is 13.3. The molecule has 5 heterocycles. The van der Waals surface area contributed by atoms with Crippen LogP contribution in [0.4, 0.5) is 0 Å². The van der Waals surface area contributed by atoms with Gasteiger partial charge in [0.15, 0.2) is 0 Å². The van der Waals surface area contributed by atoms with Crippen molar-refractivity contribution in [3.05, 3.63) is 0 Å². The fraction of sp³-hybridized carbons (Fsp3) is 0.905. The molecule has 8 bridgehead atoms. The summed E-state index contributed by atoms with van der Waals surface area (Å²) in [7, 11) is 0. The van der Waals surface area contributed by atoms with E-state index in [9.17, 15) is 19.2 Å². The lowest BCUT2D eigenvalue weighted by atomic mass is 9.99. The van der Waals surface area contributed by atoms with Gasteiger partial charge in [0.1, 0.15) is 24.4 Å². The van der Waals surface area contributed by atoms with Gasteiger partial charge in [0, 0.05) is 25.7 Å². The van der Waals surface area contributed by atoms with E-state index in [-0.39, 0.29) is 97.1 Å². The van der Waals surface area contributed by atoms with Gasteiger partial charge in [-0.3, -0.25) is 19.2 Å². The van der Waals surface area contributed by atoms with Crippen molar-refractivity contribution in [3.8, 4) is 0 Å². The van der Waals surface area contributed by atoms with Crippen molar-refractivity contribution < 1.29 is 57.1 Å². The summed E-state index contributed by atoms with van der Waals surface area (Å²) in [6.45, 7) is 15.2. The molecule has 0 spiro atoms. The van der Waals surface area contributed by atoms with Crippen LogP contribution in [0.3, 0.4) is 0 Å². The van der Waals surface area contributed by atoms with Gasteiger partial charge in [0.2, 0.25) is 0 Å². The third kappa shape index (κ3) is 11.4. The molecule has 5 fully saturated rings. The van der Waals surface area contributed by atoms with Crippen LogP contribution in [0.1, 0.15) is 145 Å². The van der Waals surface area contributed by atoms with Gasteiger partial charge in [-0.25, -0.2) is 0 Å². The van der Waals surface area contributed by atoms with E-state index in [1.54, 1.807) is 0 Å². The second kappa shape index (κ2) is 19.7. The smallest absolute Gasteiger partial charge is 0.311 e. The predicted molar refractivity (Wildman–Crippen MR) is 198 cm³/mol. The van der Waals surface area contributed by atoms with Crippen LogP contribution >= 0.6 is 0 Å². The summed E-state index contributed by atoms with van der Waals surface area (Å²) in [6.07, 6.45) is 6.72. The number of fused-ring (bicyclic) bond motifs is 8. The van der Waals surface area contributed by atoms with Gasteiger partial charge in [-0.05, 0) is 106 Å². The van der Waals surface area contributed by atoms with Crippen LogP contribution in [0.5, 0.6) is 0 Å². The Morgan fingerprint density at radius 2 is 0.648 bits per heavy atom. The summed E-state index contributed by atoms with van der Waals surface area (Å²) in [5, 5.41) is 0. The van der Waals surface area contributed by atoms with E-state index in [2.05, 4.69) is 0 Å². The highest BCUT2D eigenvalue weighted by Crippen LogP contribution is 2.35. The zero-order valence-electron chi connectivity index (χ0n) is 34.0. The molecule has 0 aromatic carbocycles. The molecule has 0 saturated carbocycles. The highest BCUT2D eigenvalue weighted by Gasteiger charge is 2.41. The quantitative estimate of drug-likeness (QED) is 0.216. The second-order valence-electron chi connectivity index (χ2n) is 17.0. The Balaban J connectivity index is 1.22. The molecule has 54 heavy (non-hydrogen) atoms. The number of ether oxygens (including phenoxy) is 8. The summed E-state index contributed by atoms with van der Waals surface area (Å²) in [6, 6.07) is 0. The Bertz CT molecular complexity index is 1260. The SMILES string of the molecule is CC[C@@H]1C[C@@H]2CC[C@H](O2)[C@@H](C)C(=O)O[C@@H](CC)C[C@@H]2CC[C@H](O2)[C@H](C)C(=O)O[C@@H](C)C[C@@H]2CC[C@@H](O2)[C@@H](C)C(=O)O[C@@H](C)C[C@H]2CC[C@@H](O2)[C@H](C)C(=O)O1. The molecule has 12 heteroatoms. The summed E-state index contributed by atoms with van der Waals surface area (Å²) < 4.78 is 49.0. The average Bonchev–Trinajstić information content (AvgIpc) is 3.98. The van der Waals surface area contributed by atoms with E-state index in [0.29, 0.717) is 38.5 Å². The maximum Gasteiger partial charge on any atom is 0.311 e. The van der Waals surface area contributed by atoms with E-state index in [4.69, 9.17) is 37.9 Å². The monoisotopic (exact) mass is 764 g/mol. The number of rotatable bonds is 2. The average molecular weight is 765 g/mol. The van der Waals surface area contributed by atoms with Crippen molar-refractivity contribution in [2.75, 3.05) is 0 Å². The molecule has 16 atom stereocenters. The molecule has 0 aromatic heterocycles. The first-order chi connectivity index (χ1) is 25.7. The molecule has 0 N–H and O–H groups in total. The molecule has 5 aliphatic rings. The van der Waals surface area contributed by atoms with E-state index < -0.39 is 23.7 Å². The molecule has 5 saturated heterocycles. The third-order valence-electron chi connectivity index (χ3n) is 12.6. The lowest BCUT2D eigenvalue weighted by Crippen LogP contribution is -2.34. The van der Waals surface area contributed by atoms with Crippen molar-refractivity contribution >= 4 is 23.9 Å². The second-order valence-corrected chi connectivity index (χ2v) is 17.0. The van der Waals surface area contributed by atoms with Crippen LogP contribution in [-0.2, 0) is 57.1 Å². The van der Waals surface area contributed by atoms with E-state index >= 15 is 0 Å². The summed E-state index contributed by atoms with van der Waals surface area (Å²) >= 11 is 0.